The fourth-order valence-corrected chi connectivity index (χ4v) is 5.55. The van der Waals surface area contributed by atoms with Gasteiger partial charge in [-0.25, -0.2) is 8.78 Å². The molecule has 6 heteroatoms. The van der Waals surface area contributed by atoms with Crippen molar-refractivity contribution in [3.63, 3.8) is 0 Å². The first kappa shape index (κ1) is 22.1. The monoisotopic (exact) mass is 438 g/mol. The Morgan fingerprint density at radius 2 is 1.45 bits per heavy atom. The number of hydrogen-bond donors (Lipinski definition) is 0. The summed E-state index contributed by atoms with van der Waals surface area (Å²) in [6, 6.07) is 9.27. The molecule has 0 N–H and O–H groups in total. The van der Waals surface area contributed by atoms with Crippen LogP contribution >= 0.6 is 0 Å². The third kappa shape index (κ3) is 5.04. The van der Waals surface area contributed by atoms with Crippen LogP contribution in [0.15, 0.2) is 36.4 Å². The first-order valence-corrected chi connectivity index (χ1v) is 11.1. The van der Waals surface area contributed by atoms with Gasteiger partial charge in [-0.3, -0.25) is 0 Å². The lowest BCUT2D eigenvalue weighted by Crippen LogP contribution is -2.30. The minimum absolute atomic E-state index is 0.178. The van der Waals surface area contributed by atoms with Crippen molar-refractivity contribution in [3.8, 4) is 16.9 Å². The van der Waals surface area contributed by atoms with Crippen LogP contribution in [-0.2, 0) is 0 Å². The fraction of sp³-hybridized carbons (Fsp3) is 0.520. The van der Waals surface area contributed by atoms with Crippen molar-refractivity contribution in [2.45, 2.75) is 64.1 Å². The smallest absolute Gasteiger partial charge is 0.399 e. The highest BCUT2D eigenvalue weighted by molar-refractivity contribution is 5.65. The molecule has 1 unspecified atom stereocenters. The number of benzene rings is 2. The third-order valence-corrected chi connectivity index (χ3v) is 7.23. The zero-order valence-electron chi connectivity index (χ0n) is 17.5. The predicted molar refractivity (Wildman–Crippen MR) is 110 cm³/mol. The van der Waals surface area contributed by atoms with Gasteiger partial charge in [-0.1, -0.05) is 44.0 Å². The summed E-state index contributed by atoms with van der Waals surface area (Å²) in [4.78, 5) is 0. The van der Waals surface area contributed by atoms with E-state index in [1.54, 1.807) is 12.1 Å². The van der Waals surface area contributed by atoms with E-state index in [-0.39, 0.29) is 5.56 Å². The molecule has 2 aliphatic rings. The van der Waals surface area contributed by atoms with E-state index < -0.39 is 23.7 Å². The van der Waals surface area contributed by atoms with Crippen LogP contribution in [0.4, 0.5) is 22.0 Å². The zero-order valence-corrected chi connectivity index (χ0v) is 17.5. The lowest BCUT2D eigenvalue weighted by atomic mass is 9.63. The molecule has 2 aliphatic carbocycles. The van der Waals surface area contributed by atoms with Gasteiger partial charge in [0.1, 0.15) is 0 Å². The Hall–Kier alpha value is -2.11. The lowest BCUT2D eigenvalue weighted by molar-refractivity contribution is -0.276. The highest BCUT2D eigenvalue weighted by Crippen LogP contribution is 2.48. The maximum absolute atomic E-state index is 14.0. The molecule has 0 aliphatic heterocycles. The van der Waals surface area contributed by atoms with Crippen LogP contribution in [0, 0.1) is 29.4 Å². The van der Waals surface area contributed by atoms with Gasteiger partial charge in [0.15, 0.2) is 11.6 Å². The number of ether oxygens (including phenoxy) is 1. The molecule has 4 atom stereocenters. The summed E-state index contributed by atoms with van der Waals surface area (Å²) in [6.07, 6.45) is 3.72. The summed E-state index contributed by atoms with van der Waals surface area (Å²) in [5, 5.41) is 0. The fourth-order valence-electron chi connectivity index (χ4n) is 5.55. The number of alkyl halides is 3. The highest BCUT2D eigenvalue weighted by Gasteiger charge is 2.36. The quantitative estimate of drug-likeness (QED) is 0.437. The van der Waals surface area contributed by atoms with Crippen LogP contribution in [0.25, 0.3) is 11.1 Å². The van der Waals surface area contributed by atoms with Crippen LogP contribution in [-0.4, -0.2) is 6.36 Å². The van der Waals surface area contributed by atoms with Crippen molar-refractivity contribution < 1.29 is 26.7 Å². The predicted octanol–water partition coefficient (Wildman–Crippen LogP) is 8.24. The van der Waals surface area contributed by atoms with Crippen molar-refractivity contribution in [1.82, 2.24) is 0 Å². The average molecular weight is 438 g/mol. The Labute approximate surface area is 179 Å². The molecule has 0 amide bonds. The summed E-state index contributed by atoms with van der Waals surface area (Å²) in [5.74, 6) is -1.18. The molecule has 0 spiro atoms. The van der Waals surface area contributed by atoms with E-state index in [0.717, 1.165) is 36.3 Å². The van der Waals surface area contributed by atoms with Gasteiger partial charge in [0.2, 0.25) is 5.75 Å². The molecule has 2 fully saturated rings. The first-order chi connectivity index (χ1) is 14.7. The molecule has 0 radical (unpaired) electrons. The van der Waals surface area contributed by atoms with Gasteiger partial charge >= 0.3 is 6.36 Å². The van der Waals surface area contributed by atoms with Crippen molar-refractivity contribution in [3.05, 3.63) is 53.6 Å². The second-order valence-electron chi connectivity index (χ2n) is 9.06. The van der Waals surface area contributed by atoms with Crippen LogP contribution in [0.5, 0.6) is 5.75 Å². The van der Waals surface area contributed by atoms with Crippen LogP contribution in [0.2, 0.25) is 0 Å². The van der Waals surface area contributed by atoms with Gasteiger partial charge in [0.05, 0.1) is 0 Å². The lowest BCUT2D eigenvalue weighted by Gasteiger charge is -2.42. The molecule has 0 saturated heterocycles. The second-order valence-corrected chi connectivity index (χ2v) is 9.06. The number of halogens is 5. The van der Waals surface area contributed by atoms with E-state index in [9.17, 15) is 22.0 Å². The molecule has 168 valence electrons. The van der Waals surface area contributed by atoms with E-state index in [0.29, 0.717) is 11.5 Å². The van der Waals surface area contributed by atoms with Gasteiger partial charge in [0, 0.05) is 0 Å². The van der Waals surface area contributed by atoms with Gasteiger partial charge in [0.25, 0.3) is 0 Å². The normalized spacial score (nSPS) is 26.4. The zero-order chi connectivity index (χ0) is 22.2. The Morgan fingerprint density at radius 3 is 2.06 bits per heavy atom. The van der Waals surface area contributed by atoms with Crippen molar-refractivity contribution in [2.75, 3.05) is 0 Å². The Morgan fingerprint density at radius 1 is 0.839 bits per heavy atom. The molecule has 0 bridgehead atoms. The SMILES string of the molecule is CCC1CC[C@@H]2C[C@H](c3ccc(-c4cc(F)c(OC(F)(F)F)c(F)c4)cc3)CC[C@@H]2C1. The van der Waals surface area contributed by atoms with E-state index in [4.69, 9.17) is 0 Å². The second kappa shape index (κ2) is 8.79. The van der Waals surface area contributed by atoms with Crippen LogP contribution in [0.3, 0.4) is 0 Å². The molecular formula is C25H27F5O. The molecule has 2 aromatic carbocycles. The van der Waals surface area contributed by atoms with Gasteiger partial charge in [-0.15, -0.1) is 13.2 Å². The van der Waals surface area contributed by atoms with E-state index >= 15 is 0 Å². The van der Waals surface area contributed by atoms with Crippen LogP contribution in [0.1, 0.15) is 63.4 Å². The molecule has 31 heavy (non-hydrogen) atoms. The summed E-state index contributed by atoms with van der Waals surface area (Å²) in [7, 11) is 0. The largest absolute Gasteiger partial charge is 0.573 e. The molecule has 0 heterocycles. The molecule has 0 aromatic heterocycles. The molecule has 4 rings (SSSR count). The Balaban J connectivity index is 1.47. The minimum atomic E-state index is -5.15. The number of fused-ring (bicyclic) bond motifs is 1. The van der Waals surface area contributed by atoms with Gasteiger partial charge in [-0.2, -0.15) is 0 Å². The van der Waals surface area contributed by atoms with E-state index in [1.807, 2.05) is 12.1 Å². The van der Waals surface area contributed by atoms with Crippen molar-refractivity contribution >= 4 is 0 Å². The number of rotatable bonds is 4. The summed E-state index contributed by atoms with van der Waals surface area (Å²) < 4.78 is 68.5. The van der Waals surface area contributed by atoms with E-state index in [1.165, 1.54) is 44.1 Å². The first-order valence-electron chi connectivity index (χ1n) is 11.1. The van der Waals surface area contributed by atoms with Crippen molar-refractivity contribution in [1.29, 1.82) is 0 Å². The molecule has 2 aromatic rings. The maximum atomic E-state index is 14.0. The van der Waals surface area contributed by atoms with Crippen LogP contribution < -0.4 is 4.74 Å². The number of hydrogen-bond acceptors (Lipinski definition) is 1. The Kier molecular flexibility index (Phi) is 6.27. The topological polar surface area (TPSA) is 9.23 Å². The van der Waals surface area contributed by atoms with Gasteiger partial charge in [-0.05, 0) is 84.6 Å². The van der Waals surface area contributed by atoms with Crippen molar-refractivity contribution in [2.24, 2.45) is 17.8 Å². The van der Waals surface area contributed by atoms with E-state index in [2.05, 4.69) is 11.7 Å². The summed E-state index contributed by atoms with van der Waals surface area (Å²) in [5.41, 5.74) is 1.95. The highest BCUT2D eigenvalue weighted by atomic mass is 19.4. The third-order valence-electron chi connectivity index (χ3n) is 7.23. The summed E-state index contributed by atoms with van der Waals surface area (Å²) >= 11 is 0. The minimum Gasteiger partial charge on any atom is -0.399 e. The average Bonchev–Trinajstić information content (AvgIpc) is 2.75. The maximum Gasteiger partial charge on any atom is 0.573 e. The summed E-state index contributed by atoms with van der Waals surface area (Å²) in [6.45, 7) is 2.28. The Bertz CT molecular complexity index is 882. The standard InChI is InChI=1S/C25H27F5O/c1-2-15-3-4-20-12-19(10-9-18(20)11-15)16-5-7-17(8-6-16)21-13-22(26)24(23(27)14-21)31-25(28,29)30/h5-8,13-15,18-20H,2-4,9-12H2,1H3/t15?,18-,19-,20-/m1/s1. The molecule has 2 saturated carbocycles. The molecule has 1 nitrogen and oxygen atoms in total. The van der Waals surface area contributed by atoms with Gasteiger partial charge < -0.3 is 4.74 Å². The molecular weight excluding hydrogens is 411 g/mol.